The Morgan fingerprint density at radius 1 is 1.26 bits per heavy atom. The first-order chi connectivity index (χ1) is 10.5. The lowest BCUT2D eigenvalue weighted by atomic mass is 10.0. The minimum Gasteiger partial charge on any atom is -0.380 e. The number of nitrogens with one attached hydrogen (secondary N) is 1. The molecule has 0 aromatic heterocycles. The molecule has 2 N–H and O–H groups in total. The van der Waals surface area contributed by atoms with Crippen LogP contribution in [-0.4, -0.2) is 35.4 Å². The van der Waals surface area contributed by atoms with E-state index < -0.39 is 24.1 Å². The van der Waals surface area contributed by atoms with Gasteiger partial charge in [-0.3, -0.25) is 4.79 Å². The van der Waals surface area contributed by atoms with E-state index in [9.17, 15) is 23.1 Å². The number of benzene rings is 1. The van der Waals surface area contributed by atoms with E-state index in [1.807, 2.05) is 6.92 Å². The van der Waals surface area contributed by atoms with Gasteiger partial charge in [-0.15, -0.1) is 0 Å². The Kier molecular flexibility index (Phi) is 6.04. The number of alkyl halides is 3. The van der Waals surface area contributed by atoms with Crippen molar-refractivity contribution in [2.75, 3.05) is 16.8 Å². The molecule has 0 aliphatic heterocycles. The molecule has 7 heteroatoms. The van der Waals surface area contributed by atoms with Crippen LogP contribution in [0, 0.1) is 0 Å². The van der Waals surface area contributed by atoms with Crippen molar-refractivity contribution >= 4 is 17.3 Å². The summed E-state index contributed by atoms with van der Waals surface area (Å²) in [6, 6.07) is 7.14. The molecule has 1 aromatic rings. The number of aliphatic hydroxyl groups is 1. The summed E-state index contributed by atoms with van der Waals surface area (Å²) in [5.41, 5.74) is -1.70. The van der Waals surface area contributed by atoms with Gasteiger partial charge in [0.1, 0.15) is 0 Å². The van der Waals surface area contributed by atoms with Crippen molar-refractivity contribution < 1.29 is 23.1 Å². The molecule has 0 saturated carbocycles. The minimum absolute atomic E-state index is 0.308. The van der Waals surface area contributed by atoms with Gasteiger partial charge in [0.15, 0.2) is 5.60 Å². The third kappa shape index (κ3) is 5.13. The summed E-state index contributed by atoms with van der Waals surface area (Å²) in [7, 11) is 0. The first-order valence-electron chi connectivity index (χ1n) is 7.43. The maximum Gasteiger partial charge on any atom is 0.417 e. The third-order valence-electron chi connectivity index (χ3n) is 3.56. The van der Waals surface area contributed by atoms with Crippen molar-refractivity contribution in [3.63, 3.8) is 0 Å². The lowest BCUT2D eigenvalue weighted by molar-refractivity contribution is -0.252. The fraction of sp³-hybridized carbons (Fsp3) is 0.562. The van der Waals surface area contributed by atoms with Crippen LogP contribution in [0.2, 0.25) is 0 Å². The summed E-state index contributed by atoms with van der Waals surface area (Å²) < 4.78 is 37.7. The Balaban J connectivity index is 2.74. The van der Waals surface area contributed by atoms with Crippen LogP contribution < -0.4 is 10.2 Å². The van der Waals surface area contributed by atoms with Crippen molar-refractivity contribution in [2.45, 2.75) is 51.9 Å². The average molecular weight is 332 g/mol. The number of carbonyl (C=O) groups excluding carboxylic acids is 1. The predicted molar refractivity (Wildman–Crippen MR) is 84.5 cm³/mol. The van der Waals surface area contributed by atoms with E-state index in [2.05, 4.69) is 24.1 Å². The molecule has 0 spiro atoms. The molecule has 1 atom stereocenters. The zero-order valence-corrected chi connectivity index (χ0v) is 13.7. The molecule has 4 nitrogen and oxygen atoms in total. The highest BCUT2D eigenvalue weighted by Crippen LogP contribution is 2.32. The largest absolute Gasteiger partial charge is 0.417 e. The molecule has 0 heterocycles. The highest BCUT2D eigenvalue weighted by molar-refractivity contribution is 5.91. The molecule has 1 aromatic carbocycles. The molecule has 130 valence electrons. The number of hydrogen-bond acceptors (Lipinski definition) is 3. The smallest absolute Gasteiger partial charge is 0.380 e. The molecule has 0 bridgehead atoms. The SMILES string of the molecule is CCN(c1ccc(NC(=O)C[C@](C)(O)C(F)(F)F)cc1)C(C)C. The monoisotopic (exact) mass is 332 g/mol. The summed E-state index contributed by atoms with van der Waals surface area (Å²) in [6.45, 7) is 7.53. The highest BCUT2D eigenvalue weighted by atomic mass is 19.4. The Morgan fingerprint density at radius 2 is 1.78 bits per heavy atom. The molecule has 0 aliphatic carbocycles. The van der Waals surface area contributed by atoms with Crippen molar-refractivity contribution in [1.82, 2.24) is 0 Å². The van der Waals surface area contributed by atoms with E-state index >= 15 is 0 Å². The second-order valence-electron chi connectivity index (χ2n) is 5.92. The predicted octanol–water partition coefficient (Wildman–Crippen LogP) is 3.56. The van der Waals surface area contributed by atoms with Gasteiger partial charge in [0.25, 0.3) is 0 Å². The van der Waals surface area contributed by atoms with Gasteiger partial charge in [-0.25, -0.2) is 0 Å². The third-order valence-corrected chi connectivity index (χ3v) is 3.56. The number of rotatable bonds is 6. The number of halogens is 3. The molecule has 0 fully saturated rings. The van der Waals surface area contributed by atoms with Gasteiger partial charge in [-0.05, 0) is 52.0 Å². The van der Waals surface area contributed by atoms with Crippen LogP contribution in [0.4, 0.5) is 24.5 Å². The van der Waals surface area contributed by atoms with Gasteiger partial charge in [-0.2, -0.15) is 13.2 Å². The normalized spacial score (nSPS) is 14.5. The van der Waals surface area contributed by atoms with E-state index in [1.54, 1.807) is 24.3 Å². The van der Waals surface area contributed by atoms with E-state index in [0.717, 1.165) is 12.2 Å². The van der Waals surface area contributed by atoms with Crippen molar-refractivity contribution in [2.24, 2.45) is 0 Å². The molecule has 0 unspecified atom stereocenters. The summed E-state index contributed by atoms with van der Waals surface area (Å²) in [6.07, 6.45) is -5.90. The van der Waals surface area contributed by atoms with Crippen LogP contribution in [0.15, 0.2) is 24.3 Å². The van der Waals surface area contributed by atoms with Crippen LogP contribution in [0.3, 0.4) is 0 Å². The van der Waals surface area contributed by atoms with Crippen LogP contribution in [0.5, 0.6) is 0 Å². The molecule has 1 rings (SSSR count). The van der Waals surface area contributed by atoms with E-state index in [1.165, 1.54) is 0 Å². The standard InChI is InChI=1S/C16H23F3N2O2/c1-5-21(11(2)3)13-8-6-12(7-9-13)20-14(22)10-15(4,23)16(17,18)19/h6-9,11,23H,5,10H2,1-4H3,(H,20,22)/t15-/m0/s1. The fourth-order valence-electron chi connectivity index (χ4n) is 2.20. The molecule has 23 heavy (non-hydrogen) atoms. The van der Waals surface area contributed by atoms with Crippen molar-refractivity contribution in [1.29, 1.82) is 0 Å². The zero-order chi connectivity index (χ0) is 17.8. The Labute approximate surface area is 134 Å². The van der Waals surface area contributed by atoms with Crippen LogP contribution >= 0.6 is 0 Å². The van der Waals surface area contributed by atoms with E-state index in [0.29, 0.717) is 18.7 Å². The molecular formula is C16H23F3N2O2. The Hall–Kier alpha value is -1.76. The van der Waals surface area contributed by atoms with Gasteiger partial charge in [-0.1, -0.05) is 0 Å². The summed E-state index contributed by atoms with van der Waals surface area (Å²) >= 11 is 0. The van der Waals surface area contributed by atoms with E-state index in [4.69, 9.17) is 0 Å². The first kappa shape index (κ1) is 19.3. The van der Waals surface area contributed by atoms with Crippen LogP contribution in [0.25, 0.3) is 0 Å². The maximum atomic E-state index is 12.6. The van der Waals surface area contributed by atoms with Crippen molar-refractivity contribution in [3.8, 4) is 0 Å². The van der Waals surface area contributed by atoms with Gasteiger partial charge in [0.2, 0.25) is 5.91 Å². The van der Waals surface area contributed by atoms with Crippen molar-refractivity contribution in [3.05, 3.63) is 24.3 Å². The second-order valence-corrected chi connectivity index (χ2v) is 5.92. The van der Waals surface area contributed by atoms with Gasteiger partial charge in [0.05, 0.1) is 6.42 Å². The molecule has 0 radical (unpaired) electrons. The maximum absolute atomic E-state index is 12.6. The van der Waals surface area contributed by atoms with Gasteiger partial charge in [0, 0.05) is 24.0 Å². The number of carbonyl (C=O) groups is 1. The quantitative estimate of drug-likeness (QED) is 0.837. The molecule has 1 amide bonds. The van der Waals surface area contributed by atoms with Gasteiger partial charge >= 0.3 is 6.18 Å². The minimum atomic E-state index is -4.85. The number of nitrogens with zero attached hydrogens (tertiary/aromatic N) is 1. The number of hydrogen-bond donors (Lipinski definition) is 2. The first-order valence-corrected chi connectivity index (χ1v) is 7.43. The fourth-order valence-corrected chi connectivity index (χ4v) is 2.20. The lowest BCUT2D eigenvalue weighted by Gasteiger charge is -2.28. The average Bonchev–Trinajstić information content (AvgIpc) is 2.39. The Bertz CT molecular complexity index is 525. The summed E-state index contributed by atoms with van der Waals surface area (Å²) in [4.78, 5) is 13.8. The molecule has 0 aliphatic rings. The number of anilines is 2. The van der Waals surface area contributed by atoms with Crippen LogP contribution in [-0.2, 0) is 4.79 Å². The molecule has 0 saturated heterocycles. The topological polar surface area (TPSA) is 52.6 Å². The zero-order valence-electron chi connectivity index (χ0n) is 13.7. The Morgan fingerprint density at radius 3 is 2.17 bits per heavy atom. The van der Waals surface area contributed by atoms with Crippen LogP contribution in [0.1, 0.15) is 34.1 Å². The lowest BCUT2D eigenvalue weighted by Crippen LogP contribution is -2.44. The van der Waals surface area contributed by atoms with E-state index in [-0.39, 0.29) is 0 Å². The molecular weight excluding hydrogens is 309 g/mol. The second kappa shape index (κ2) is 7.21. The summed E-state index contributed by atoms with van der Waals surface area (Å²) in [5.74, 6) is -0.892. The number of amides is 1. The summed E-state index contributed by atoms with van der Waals surface area (Å²) in [5, 5.41) is 11.7. The van der Waals surface area contributed by atoms with Gasteiger partial charge < -0.3 is 15.3 Å². The highest BCUT2D eigenvalue weighted by Gasteiger charge is 2.50.